The molecule has 2 aromatic rings. The molecule has 0 spiro atoms. The van der Waals surface area contributed by atoms with E-state index in [4.69, 9.17) is 11.6 Å². The van der Waals surface area contributed by atoms with E-state index in [0.29, 0.717) is 5.15 Å². The zero-order chi connectivity index (χ0) is 17.2. The number of benzene rings is 1. The molecule has 0 aliphatic heterocycles. The number of nitrogens with one attached hydrogen (secondary N) is 2. The summed E-state index contributed by atoms with van der Waals surface area (Å²) in [5.41, 5.74) is 3.86. The van der Waals surface area contributed by atoms with E-state index in [1.807, 2.05) is 12.1 Å². The highest BCUT2D eigenvalue weighted by molar-refractivity contribution is 6.29. The van der Waals surface area contributed by atoms with Crippen molar-refractivity contribution in [3.8, 4) is 0 Å². The molecule has 1 heterocycles. The predicted octanol–water partition coefficient (Wildman–Crippen LogP) is 3.25. The summed E-state index contributed by atoms with van der Waals surface area (Å²) in [6.45, 7) is 3.83. The average Bonchev–Trinajstić information content (AvgIpc) is 2.62. The fourth-order valence-corrected chi connectivity index (χ4v) is 2.48. The van der Waals surface area contributed by atoms with Gasteiger partial charge in [-0.15, -0.1) is 0 Å². The number of aliphatic imine (C=N–C) groups is 1. The van der Waals surface area contributed by atoms with E-state index in [1.54, 1.807) is 13.2 Å². The van der Waals surface area contributed by atoms with Gasteiger partial charge >= 0.3 is 0 Å². The van der Waals surface area contributed by atoms with Crippen molar-refractivity contribution in [2.24, 2.45) is 4.99 Å². The van der Waals surface area contributed by atoms with Gasteiger partial charge in [-0.3, -0.25) is 4.99 Å². The third kappa shape index (κ3) is 6.20. The van der Waals surface area contributed by atoms with Crippen LogP contribution in [0.5, 0.6) is 0 Å². The molecule has 1 aromatic carbocycles. The number of nitrogens with zero attached hydrogens (tertiary/aromatic N) is 2. The quantitative estimate of drug-likeness (QED) is 0.460. The Morgan fingerprint density at radius 3 is 2.08 bits per heavy atom. The highest BCUT2D eigenvalue weighted by Crippen LogP contribution is 2.06. The number of rotatable bonds is 7. The smallest absolute Gasteiger partial charge is 0.190 e. The number of aromatic nitrogens is 1. The molecule has 0 saturated carbocycles. The minimum atomic E-state index is 0.524. The molecule has 0 amide bonds. The van der Waals surface area contributed by atoms with Crippen LogP contribution in [0.3, 0.4) is 0 Å². The largest absolute Gasteiger partial charge is 0.356 e. The lowest BCUT2D eigenvalue weighted by Gasteiger charge is -2.12. The van der Waals surface area contributed by atoms with Crippen LogP contribution in [0.1, 0.15) is 23.6 Å². The Balaban J connectivity index is 1.69. The van der Waals surface area contributed by atoms with Gasteiger partial charge in [0.15, 0.2) is 5.96 Å². The van der Waals surface area contributed by atoms with E-state index in [2.05, 4.69) is 51.8 Å². The number of hydrogen-bond donors (Lipinski definition) is 2. The Kier molecular flexibility index (Phi) is 7.56. The summed E-state index contributed by atoms with van der Waals surface area (Å²) in [7, 11) is 1.79. The zero-order valence-corrected chi connectivity index (χ0v) is 15.1. The van der Waals surface area contributed by atoms with Crippen LogP contribution < -0.4 is 10.6 Å². The second-order valence-electron chi connectivity index (χ2n) is 5.58. The van der Waals surface area contributed by atoms with Crippen LogP contribution in [0.2, 0.25) is 5.15 Å². The van der Waals surface area contributed by atoms with E-state index in [9.17, 15) is 0 Å². The highest BCUT2D eigenvalue weighted by Gasteiger charge is 1.99. The number of hydrogen-bond acceptors (Lipinski definition) is 2. The van der Waals surface area contributed by atoms with Crippen LogP contribution >= 0.6 is 11.6 Å². The van der Waals surface area contributed by atoms with Crippen molar-refractivity contribution in [3.05, 3.63) is 64.4 Å². The van der Waals surface area contributed by atoms with Crippen molar-refractivity contribution in [1.82, 2.24) is 15.6 Å². The molecule has 0 aliphatic carbocycles. The molecule has 0 aliphatic rings. The molecule has 0 unspecified atom stereocenters. The summed E-state index contributed by atoms with van der Waals surface area (Å²) in [5.74, 6) is 0.821. The van der Waals surface area contributed by atoms with Gasteiger partial charge in [-0.2, -0.15) is 0 Å². The molecule has 0 bridgehead atoms. The third-order valence-corrected chi connectivity index (χ3v) is 4.08. The average molecular weight is 345 g/mol. The third-order valence-electron chi connectivity index (χ3n) is 3.86. The van der Waals surface area contributed by atoms with E-state index < -0.39 is 0 Å². The summed E-state index contributed by atoms with van der Waals surface area (Å²) >= 11 is 5.79. The zero-order valence-electron chi connectivity index (χ0n) is 14.3. The van der Waals surface area contributed by atoms with Gasteiger partial charge in [0.1, 0.15) is 5.15 Å². The Bertz CT molecular complexity index is 635. The van der Waals surface area contributed by atoms with Crippen molar-refractivity contribution in [2.75, 3.05) is 20.1 Å². The van der Waals surface area contributed by atoms with Gasteiger partial charge in [0, 0.05) is 26.3 Å². The lowest BCUT2D eigenvalue weighted by Crippen LogP contribution is -2.39. The van der Waals surface area contributed by atoms with E-state index in [-0.39, 0.29) is 0 Å². The van der Waals surface area contributed by atoms with Crippen LogP contribution in [0, 0.1) is 0 Å². The Morgan fingerprint density at radius 1 is 0.958 bits per heavy atom. The molecule has 2 N–H and O–H groups in total. The van der Waals surface area contributed by atoms with Gasteiger partial charge in [0.2, 0.25) is 0 Å². The number of halogens is 1. The minimum absolute atomic E-state index is 0.524. The number of guanidine groups is 1. The van der Waals surface area contributed by atoms with Crippen LogP contribution in [-0.2, 0) is 19.3 Å². The predicted molar refractivity (Wildman–Crippen MR) is 102 cm³/mol. The molecule has 0 saturated heterocycles. The summed E-state index contributed by atoms with van der Waals surface area (Å²) in [5, 5.41) is 7.18. The van der Waals surface area contributed by atoms with Crippen molar-refractivity contribution in [1.29, 1.82) is 0 Å². The fourth-order valence-electron chi connectivity index (χ4n) is 2.37. The first-order valence-corrected chi connectivity index (χ1v) is 8.72. The number of pyridine rings is 1. The molecule has 24 heavy (non-hydrogen) atoms. The van der Waals surface area contributed by atoms with Crippen molar-refractivity contribution >= 4 is 17.6 Å². The van der Waals surface area contributed by atoms with E-state index in [1.165, 1.54) is 11.1 Å². The van der Waals surface area contributed by atoms with Crippen LogP contribution in [0.15, 0.2) is 47.6 Å². The summed E-state index contributed by atoms with van der Waals surface area (Å²) in [4.78, 5) is 8.33. The maximum atomic E-state index is 5.79. The van der Waals surface area contributed by atoms with Crippen LogP contribution in [-0.4, -0.2) is 31.1 Å². The first-order chi connectivity index (χ1) is 11.7. The minimum Gasteiger partial charge on any atom is -0.356 e. The highest BCUT2D eigenvalue weighted by atomic mass is 35.5. The van der Waals surface area contributed by atoms with Gasteiger partial charge < -0.3 is 10.6 Å². The first-order valence-electron chi connectivity index (χ1n) is 8.34. The van der Waals surface area contributed by atoms with Crippen molar-refractivity contribution in [3.63, 3.8) is 0 Å². The topological polar surface area (TPSA) is 49.3 Å². The second-order valence-corrected chi connectivity index (χ2v) is 5.97. The fraction of sp³-hybridized carbons (Fsp3) is 0.368. The molecule has 0 atom stereocenters. The van der Waals surface area contributed by atoms with Gasteiger partial charge in [0.05, 0.1) is 0 Å². The Morgan fingerprint density at radius 2 is 1.54 bits per heavy atom. The molecule has 0 radical (unpaired) electrons. The van der Waals surface area contributed by atoms with Crippen molar-refractivity contribution in [2.45, 2.75) is 26.2 Å². The normalized spacial score (nSPS) is 11.4. The molecule has 5 heteroatoms. The summed E-state index contributed by atoms with van der Waals surface area (Å²) < 4.78 is 0. The monoisotopic (exact) mass is 344 g/mol. The van der Waals surface area contributed by atoms with E-state index in [0.717, 1.165) is 43.9 Å². The van der Waals surface area contributed by atoms with Crippen molar-refractivity contribution < 1.29 is 0 Å². The Hall–Kier alpha value is -2.07. The summed E-state index contributed by atoms with van der Waals surface area (Å²) in [6.07, 6.45) is 4.74. The molecule has 2 rings (SSSR count). The standard InChI is InChI=1S/C19H25ClN4/c1-3-15-4-6-16(7-5-15)10-12-22-19(21-2)23-13-11-17-8-9-18(20)24-14-17/h4-9,14H,3,10-13H2,1-2H3,(H2,21,22,23). The maximum Gasteiger partial charge on any atom is 0.190 e. The van der Waals surface area contributed by atoms with E-state index >= 15 is 0 Å². The summed E-state index contributed by atoms with van der Waals surface area (Å²) in [6, 6.07) is 12.6. The molecule has 4 nitrogen and oxygen atoms in total. The van der Waals surface area contributed by atoms with Crippen LogP contribution in [0.4, 0.5) is 0 Å². The lowest BCUT2D eigenvalue weighted by molar-refractivity contribution is 0.783. The van der Waals surface area contributed by atoms with Gasteiger partial charge in [-0.25, -0.2) is 4.98 Å². The molecule has 128 valence electrons. The molecular weight excluding hydrogens is 320 g/mol. The maximum absolute atomic E-state index is 5.79. The second kappa shape index (κ2) is 9.93. The molecular formula is C19H25ClN4. The van der Waals surface area contributed by atoms with Crippen LogP contribution in [0.25, 0.3) is 0 Å². The van der Waals surface area contributed by atoms with Gasteiger partial charge in [0.25, 0.3) is 0 Å². The van der Waals surface area contributed by atoms with Gasteiger partial charge in [-0.05, 0) is 42.0 Å². The molecule has 0 fully saturated rings. The molecule has 1 aromatic heterocycles. The van der Waals surface area contributed by atoms with Gasteiger partial charge in [-0.1, -0.05) is 48.9 Å². The lowest BCUT2D eigenvalue weighted by atomic mass is 10.1. The number of aryl methyl sites for hydroxylation is 1. The Labute approximate surface area is 149 Å². The first kappa shape index (κ1) is 18.3. The SMILES string of the molecule is CCc1ccc(CCNC(=NC)NCCc2ccc(Cl)nc2)cc1.